The molecule has 0 N–H and O–H groups in total. The van der Waals surface area contributed by atoms with Crippen LogP contribution in [0.1, 0.15) is 18.4 Å². The first-order valence-corrected chi connectivity index (χ1v) is 8.07. The first kappa shape index (κ1) is 14.8. The standard InChI is InChI=1S/C11H14Cl2O3S/c12-11-5-3-10(4-6-11)9-16-7-1-2-8-17(13,14)15/h3-6H,1-2,7-9H2. The first-order chi connectivity index (χ1) is 7.97. The summed E-state index contributed by atoms with van der Waals surface area (Å²) < 4.78 is 26.7. The number of hydrogen-bond donors (Lipinski definition) is 0. The van der Waals surface area contributed by atoms with Crippen molar-refractivity contribution in [1.82, 2.24) is 0 Å². The molecule has 0 saturated carbocycles. The molecule has 17 heavy (non-hydrogen) atoms. The van der Waals surface area contributed by atoms with E-state index in [0.717, 1.165) is 5.56 Å². The fraction of sp³-hybridized carbons (Fsp3) is 0.455. The molecule has 0 radical (unpaired) electrons. The topological polar surface area (TPSA) is 43.4 Å². The summed E-state index contributed by atoms with van der Waals surface area (Å²) in [6.45, 7) is 1.03. The molecule has 1 rings (SSSR count). The minimum Gasteiger partial charge on any atom is -0.377 e. The van der Waals surface area contributed by atoms with Crippen LogP contribution in [-0.2, 0) is 20.4 Å². The summed E-state index contributed by atoms with van der Waals surface area (Å²) in [5.41, 5.74) is 1.04. The Bertz CT molecular complexity index is 429. The number of rotatable bonds is 7. The lowest BCUT2D eigenvalue weighted by Gasteiger charge is -2.04. The average Bonchev–Trinajstić information content (AvgIpc) is 2.24. The van der Waals surface area contributed by atoms with Crippen LogP contribution in [0.3, 0.4) is 0 Å². The van der Waals surface area contributed by atoms with E-state index in [1.807, 2.05) is 12.1 Å². The molecule has 0 aliphatic rings. The Hall–Kier alpha value is -0.290. The van der Waals surface area contributed by atoms with Crippen molar-refractivity contribution >= 4 is 31.3 Å². The van der Waals surface area contributed by atoms with Crippen molar-refractivity contribution in [3.05, 3.63) is 34.9 Å². The minimum atomic E-state index is -3.37. The van der Waals surface area contributed by atoms with E-state index in [-0.39, 0.29) is 5.75 Å². The molecule has 6 heteroatoms. The lowest BCUT2D eigenvalue weighted by Crippen LogP contribution is -2.00. The van der Waals surface area contributed by atoms with Gasteiger partial charge in [0.1, 0.15) is 0 Å². The second-order valence-electron chi connectivity index (χ2n) is 3.63. The Morgan fingerprint density at radius 3 is 2.35 bits per heavy atom. The quantitative estimate of drug-likeness (QED) is 0.573. The van der Waals surface area contributed by atoms with Gasteiger partial charge in [-0.2, -0.15) is 0 Å². The van der Waals surface area contributed by atoms with Crippen molar-refractivity contribution in [2.24, 2.45) is 0 Å². The Kier molecular flexibility index (Phi) is 6.27. The Morgan fingerprint density at radius 2 is 1.76 bits per heavy atom. The molecule has 1 aromatic carbocycles. The molecule has 0 aliphatic carbocycles. The van der Waals surface area contributed by atoms with Crippen molar-refractivity contribution in [3.8, 4) is 0 Å². The molecule has 0 fully saturated rings. The SMILES string of the molecule is O=S(=O)(Cl)CCCCOCc1ccc(Cl)cc1. The summed E-state index contributed by atoms with van der Waals surface area (Å²) in [7, 11) is 1.71. The van der Waals surface area contributed by atoms with Crippen LogP contribution in [0, 0.1) is 0 Å². The molecule has 96 valence electrons. The van der Waals surface area contributed by atoms with E-state index >= 15 is 0 Å². The molecule has 0 saturated heterocycles. The van der Waals surface area contributed by atoms with Crippen LogP contribution in [0.4, 0.5) is 0 Å². The highest BCUT2D eigenvalue weighted by Crippen LogP contribution is 2.10. The van der Waals surface area contributed by atoms with Crippen LogP contribution >= 0.6 is 22.3 Å². The van der Waals surface area contributed by atoms with Crippen molar-refractivity contribution in [1.29, 1.82) is 0 Å². The van der Waals surface area contributed by atoms with Crippen LogP contribution < -0.4 is 0 Å². The van der Waals surface area contributed by atoms with Gasteiger partial charge in [-0.05, 0) is 30.5 Å². The van der Waals surface area contributed by atoms with Crippen LogP contribution in [0.15, 0.2) is 24.3 Å². The van der Waals surface area contributed by atoms with Crippen LogP contribution in [0.25, 0.3) is 0 Å². The second kappa shape index (κ2) is 7.21. The van der Waals surface area contributed by atoms with E-state index in [0.29, 0.717) is 31.1 Å². The Balaban J connectivity index is 2.10. The maximum atomic E-state index is 10.6. The van der Waals surface area contributed by atoms with E-state index in [1.54, 1.807) is 12.1 Å². The predicted molar refractivity (Wildman–Crippen MR) is 70.0 cm³/mol. The van der Waals surface area contributed by atoms with Crippen LogP contribution in [0.5, 0.6) is 0 Å². The zero-order valence-electron chi connectivity index (χ0n) is 9.23. The molecular formula is C11H14Cl2O3S. The highest BCUT2D eigenvalue weighted by atomic mass is 35.7. The number of hydrogen-bond acceptors (Lipinski definition) is 3. The van der Waals surface area contributed by atoms with Gasteiger partial charge < -0.3 is 4.74 Å². The van der Waals surface area contributed by atoms with E-state index in [2.05, 4.69) is 0 Å². The average molecular weight is 297 g/mol. The van der Waals surface area contributed by atoms with E-state index in [1.165, 1.54) is 0 Å². The summed E-state index contributed by atoms with van der Waals surface area (Å²) >= 11 is 5.75. The summed E-state index contributed by atoms with van der Waals surface area (Å²) in [6.07, 6.45) is 1.20. The molecule has 3 nitrogen and oxygen atoms in total. The Labute approximate surface area is 111 Å². The fourth-order valence-corrected chi connectivity index (χ4v) is 2.25. The summed E-state index contributed by atoms with van der Waals surface area (Å²) in [5, 5.41) is 0.695. The minimum absolute atomic E-state index is 0.00113. The maximum Gasteiger partial charge on any atom is 0.232 e. The monoisotopic (exact) mass is 296 g/mol. The predicted octanol–water partition coefficient (Wildman–Crippen LogP) is 3.21. The largest absolute Gasteiger partial charge is 0.377 e. The number of benzene rings is 1. The van der Waals surface area contributed by atoms with Gasteiger partial charge in [-0.3, -0.25) is 0 Å². The normalized spacial score (nSPS) is 11.6. The molecule has 0 atom stereocenters. The number of halogens is 2. The Morgan fingerprint density at radius 1 is 1.12 bits per heavy atom. The van der Waals surface area contributed by atoms with E-state index in [9.17, 15) is 8.42 Å². The third-order valence-electron chi connectivity index (χ3n) is 2.11. The molecule has 0 aromatic heterocycles. The molecule has 0 unspecified atom stereocenters. The first-order valence-electron chi connectivity index (χ1n) is 5.22. The zero-order valence-corrected chi connectivity index (χ0v) is 11.6. The van der Waals surface area contributed by atoms with Crippen molar-refractivity contribution in [2.75, 3.05) is 12.4 Å². The summed E-state index contributed by atoms with van der Waals surface area (Å²) in [4.78, 5) is 0. The van der Waals surface area contributed by atoms with Gasteiger partial charge in [0.25, 0.3) is 0 Å². The van der Waals surface area contributed by atoms with Gasteiger partial charge in [-0.25, -0.2) is 8.42 Å². The highest BCUT2D eigenvalue weighted by Gasteiger charge is 2.03. The molecule has 0 heterocycles. The lowest BCUT2D eigenvalue weighted by molar-refractivity contribution is 0.118. The third kappa shape index (κ3) is 7.60. The van der Waals surface area contributed by atoms with E-state index in [4.69, 9.17) is 27.0 Å². The number of ether oxygens (including phenoxy) is 1. The smallest absolute Gasteiger partial charge is 0.232 e. The molecule has 0 aliphatic heterocycles. The summed E-state index contributed by atoms with van der Waals surface area (Å²) in [5.74, 6) is -0.00113. The van der Waals surface area contributed by atoms with Gasteiger partial charge in [0.05, 0.1) is 12.4 Å². The van der Waals surface area contributed by atoms with Gasteiger partial charge in [0, 0.05) is 22.3 Å². The van der Waals surface area contributed by atoms with Gasteiger partial charge in [0.15, 0.2) is 0 Å². The summed E-state index contributed by atoms with van der Waals surface area (Å²) in [6, 6.07) is 7.40. The van der Waals surface area contributed by atoms with Crippen molar-refractivity contribution in [2.45, 2.75) is 19.4 Å². The molecule has 0 amide bonds. The fourth-order valence-electron chi connectivity index (χ4n) is 1.25. The highest BCUT2D eigenvalue weighted by molar-refractivity contribution is 8.13. The number of unbranched alkanes of at least 4 members (excludes halogenated alkanes) is 1. The van der Waals surface area contributed by atoms with E-state index < -0.39 is 9.05 Å². The molecule has 1 aromatic rings. The van der Waals surface area contributed by atoms with Crippen molar-refractivity contribution in [3.63, 3.8) is 0 Å². The van der Waals surface area contributed by atoms with Gasteiger partial charge in [-0.1, -0.05) is 23.7 Å². The van der Waals surface area contributed by atoms with Crippen LogP contribution in [-0.4, -0.2) is 20.8 Å². The van der Waals surface area contributed by atoms with Gasteiger partial charge >= 0.3 is 0 Å². The maximum absolute atomic E-state index is 10.6. The van der Waals surface area contributed by atoms with Crippen molar-refractivity contribution < 1.29 is 13.2 Å². The van der Waals surface area contributed by atoms with Gasteiger partial charge in [0.2, 0.25) is 9.05 Å². The molecule has 0 bridgehead atoms. The van der Waals surface area contributed by atoms with Gasteiger partial charge in [-0.15, -0.1) is 0 Å². The second-order valence-corrected chi connectivity index (χ2v) is 6.96. The molecule has 0 spiro atoms. The third-order valence-corrected chi connectivity index (χ3v) is 3.60. The molecular weight excluding hydrogens is 283 g/mol. The van der Waals surface area contributed by atoms with Crippen LogP contribution in [0.2, 0.25) is 5.02 Å². The zero-order chi connectivity index (χ0) is 12.7. The lowest BCUT2D eigenvalue weighted by atomic mass is 10.2.